The van der Waals surface area contributed by atoms with Crippen LogP contribution in [0.15, 0.2) is 66.7 Å². The monoisotopic (exact) mass is 300 g/mol. The third-order valence-corrected chi connectivity index (χ3v) is 4.28. The fourth-order valence-corrected chi connectivity index (χ4v) is 3.09. The first kappa shape index (κ1) is 13.6. The van der Waals surface area contributed by atoms with Gasteiger partial charge in [0.25, 0.3) is 0 Å². The van der Waals surface area contributed by atoms with E-state index in [1.807, 2.05) is 30.3 Å². The quantitative estimate of drug-likeness (QED) is 0.535. The molecule has 0 saturated carbocycles. The predicted octanol–water partition coefficient (Wildman–Crippen LogP) is 3.72. The maximum Gasteiger partial charge on any atom is 0.182 e. The molecule has 1 aliphatic rings. The van der Waals surface area contributed by atoms with Gasteiger partial charge in [-0.05, 0) is 16.8 Å². The Kier molecular flexibility index (Phi) is 2.95. The van der Waals surface area contributed by atoms with E-state index in [4.69, 9.17) is 0 Å². The number of carbonyl (C=O) groups is 3. The summed E-state index contributed by atoms with van der Waals surface area (Å²) in [5.41, 5.74) is 1.08. The first-order valence-corrected chi connectivity index (χ1v) is 7.37. The fourth-order valence-electron chi connectivity index (χ4n) is 3.09. The third kappa shape index (κ3) is 2.01. The van der Waals surface area contributed by atoms with Crippen LogP contribution in [-0.2, 0) is 0 Å². The van der Waals surface area contributed by atoms with Crippen molar-refractivity contribution in [3.63, 3.8) is 0 Å². The number of benzene rings is 3. The molecule has 0 spiro atoms. The molecule has 3 aromatic carbocycles. The maximum absolute atomic E-state index is 12.7. The lowest BCUT2D eigenvalue weighted by atomic mass is 9.92. The Labute approximate surface area is 132 Å². The average Bonchev–Trinajstić information content (AvgIpc) is 2.85. The van der Waals surface area contributed by atoms with E-state index < -0.39 is 23.3 Å². The fraction of sp³-hybridized carbons (Fsp3) is 0.0500. The number of carbonyl (C=O) groups excluding carboxylic acids is 3. The van der Waals surface area contributed by atoms with Crippen LogP contribution in [0, 0.1) is 5.92 Å². The van der Waals surface area contributed by atoms with Gasteiger partial charge in [0.2, 0.25) is 0 Å². The van der Waals surface area contributed by atoms with E-state index in [0.29, 0.717) is 16.7 Å². The van der Waals surface area contributed by atoms with Gasteiger partial charge in [-0.2, -0.15) is 0 Å². The molecule has 4 rings (SSSR count). The number of fused-ring (bicyclic) bond motifs is 2. The Balaban J connectivity index is 1.77. The van der Waals surface area contributed by atoms with Crippen LogP contribution >= 0.6 is 0 Å². The van der Waals surface area contributed by atoms with Crippen molar-refractivity contribution in [1.29, 1.82) is 0 Å². The molecule has 0 N–H and O–H groups in total. The van der Waals surface area contributed by atoms with Crippen molar-refractivity contribution >= 4 is 28.1 Å². The highest BCUT2D eigenvalue weighted by molar-refractivity contribution is 6.38. The third-order valence-electron chi connectivity index (χ3n) is 4.28. The molecule has 0 saturated heterocycles. The SMILES string of the molecule is O=C(c1ccc2ccccc2c1)C1C(=O)c2ccccc2C1=O. The summed E-state index contributed by atoms with van der Waals surface area (Å²) in [5.74, 6) is -2.47. The lowest BCUT2D eigenvalue weighted by molar-refractivity contribution is 0.0756. The van der Waals surface area contributed by atoms with Crippen molar-refractivity contribution in [2.75, 3.05) is 0 Å². The Bertz CT molecular complexity index is 950. The summed E-state index contributed by atoms with van der Waals surface area (Å²) >= 11 is 0. The highest BCUT2D eigenvalue weighted by Crippen LogP contribution is 2.29. The van der Waals surface area contributed by atoms with Crippen LogP contribution in [0.1, 0.15) is 31.1 Å². The van der Waals surface area contributed by atoms with Gasteiger partial charge in [-0.3, -0.25) is 14.4 Å². The Hall–Kier alpha value is -3.07. The summed E-state index contributed by atoms with van der Waals surface area (Å²) < 4.78 is 0. The molecule has 0 radical (unpaired) electrons. The van der Waals surface area contributed by atoms with Gasteiger partial charge < -0.3 is 0 Å². The second-order valence-corrected chi connectivity index (χ2v) is 5.63. The molecule has 0 aliphatic heterocycles. The Morgan fingerprint density at radius 1 is 0.696 bits per heavy atom. The van der Waals surface area contributed by atoms with E-state index in [2.05, 4.69) is 0 Å². The molecule has 3 heteroatoms. The van der Waals surface area contributed by atoms with E-state index in [0.717, 1.165) is 10.8 Å². The molecule has 0 amide bonds. The second kappa shape index (κ2) is 4.99. The number of rotatable bonds is 2. The molecule has 0 atom stereocenters. The van der Waals surface area contributed by atoms with E-state index in [9.17, 15) is 14.4 Å². The minimum Gasteiger partial charge on any atom is -0.293 e. The number of Topliss-reactive ketones (excluding diaryl/α,β-unsaturated/α-hetero) is 3. The Morgan fingerprint density at radius 3 is 1.91 bits per heavy atom. The molecular formula is C20H12O3. The van der Waals surface area contributed by atoms with Crippen LogP contribution in [0.2, 0.25) is 0 Å². The average molecular weight is 300 g/mol. The second-order valence-electron chi connectivity index (χ2n) is 5.63. The summed E-state index contributed by atoms with van der Waals surface area (Å²) in [7, 11) is 0. The summed E-state index contributed by atoms with van der Waals surface area (Å²) in [5, 5.41) is 1.92. The van der Waals surface area contributed by atoms with Crippen molar-refractivity contribution in [1.82, 2.24) is 0 Å². The summed E-state index contributed by atoms with van der Waals surface area (Å²) in [4.78, 5) is 37.6. The van der Waals surface area contributed by atoms with E-state index in [1.165, 1.54) is 0 Å². The standard InChI is InChI=1S/C20H12O3/c21-18(14-10-9-12-5-1-2-6-13(12)11-14)17-19(22)15-7-3-4-8-16(15)20(17)23/h1-11,17H. The molecule has 0 fully saturated rings. The van der Waals surface area contributed by atoms with Crippen LogP contribution < -0.4 is 0 Å². The molecule has 0 unspecified atom stereocenters. The first-order valence-electron chi connectivity index (χ1n) is 7.37. The largest absolute Gasteiger partial charge is 0.293 e. The van der Waals surface area contributed by atoms with Gasteiger partial charge in [0, 0.05) is 16.7 Å². The minimum atomic E-state index is -1.24. The van der Waals surface area contributed by atoms with Gasteiger partial charge in [-0.1, -0.05) is 60.7 Å². The molecule has 0 aromatic heterocycles. The topological polar surface area (TPSA) is 51.2 Å². The first-order chi connectivity index (χ1) is 11.2. The lowest BCUT2D eigenvalue weighted by Gasteiger charge is -2.07. The van der Waals surface area contributed by atoms with Gasteiger partial charge in [-0.25, -0.2) is 0 Å². The molecule has 110 valence electrons. The van der Waals surface area contributed by atoms with Gasteiger partial charge in [-0.15, -0.1) is 0 Å². The van der Waals surface area contributed by atoms with Crippen molar-refractivity contribution in [3.8, 4) is 0 Å². The van der Waals surface area contributed by atoms with Crippen molar-refractivity contribution in [3.05, 3.63) is 83.4 Å². The zero-order chi connectivity index (χ0) is 16.0. The normalized spacial score (nSPS) is 14.3. The van der Waals surface area contributed by atoms with Crippen LogP contribution in [0.5, 0.6) is 0 Å². The van der Waals surface area contributed by atoms with Gasteiger partial charge >= 0.3 is 0 Å². The number of hydrogen-bond donors (Lipinski definition) is 0. The van der Waals surface area contributed by atoms with Crippen LogP contribution in [-0.4, -0.2) is 17.3 Å². The molecule has 0 heterocycles. The van der Waals surface area contributed by atoms with E-state index >= 15 is 0 Å². The zero-order valence-electron chi connectivity index (χ0n) is 12.2. The lowest BCUT2D eigenvalue weighted by Crippen LogP contribution is -2.25. The number of ketones is 3. The molecule has 3 aromatic rings. The van der Waals surface area contributed by atoms with E-state index in [-0.39, 0.29) is 0 Å². The Morgan fingerprint density at radius 2 is 1.26 bits per heavy atom. The molecule has 0 bridgehead atoms. The smallest absolute Gasteiger partial charge is 0.182 e. The number of hydrogen-bond acceptors (Lipinski definition) is 3. The molecule has 3 nitrogen and oxygen atoms in total. The van der Waals surface area contributed by atoms with Crippen LogP contribution in [0.25, 0.3) is 10.8 Å². The van der Waals surface area contributed by atoms with Crippen molar-refractivity contribution in [2.45, 2.75) is 0 Å². The van der Waals surface area contributed by atoms with Gasteiger partial charge in [0.15, 0.2) is 17.3 Å². The maximum atomic E-state index is 12.7. The van der Waals surface area contributed by atoms with Crippen molar-refractivity contribution in [2.24, 2.45) is 5.92 Å². The van der Waals surface area contributed by atoms with Gasteiger partial charge in [0.05, 0.1) is 0 Å². The van der Waals surface area contributed by atoms with Crippen LogP contribution in [0.4, 0.5) is 0 Å². The van der Waals surface area contributed by atoms with Crippen LogP contribution in [0.3, 0.4) is 0 Å². The zero-order valence-corrected chi connectivity index (χ0v) is 12.2. The highest BCUT2D eigenvalue weighted by atomic mass is 16.2. The van der Waals surface area contributed by atoms with Crippen molar-refractivity contribution < 1.29 is 14.4 Å². The highest BCUT2D eigenvalue weighted by Gasteiger charge is 2.43. The molecule has 1 aliphatic carbocycles. The van der Waals surface area contributed by atoms with Gasteiger partial charge in [0.1, 0.15) is 5.92 Å². The van der Waals surface area contributed by atoms with E-state index in [1.54, 1.807) is 36.4 Å². The predicted molar refractivity (Wildman–Crippen MR) is 86.9 cm³/mol. The molecule has 23 heavy (non-hydrogen) atoms. The summed E-state index contributed by atoms with van der Waals surface area (Å²) in [6.45, 7) is 0. The molecular weight excluding hydrogens is 288 g/mol. The summed E-state index contributed by atoms with van der Waals surface area (Å²) in [6, 6.07) is 19.5. The summed E-state index contributed by atoms with van der Waals surface area (Å²) in [6.07, 6.45) is 0. The minimum absolute atomic E-state index is 0.344.